The number of carbonyl (C=O) groups excluding carboxylic acids is 1. The standard InChI is InChI=1S/C28H29N3O/c1-18-13-19(2)23(20(3)14-18)17-25(29)28(32)31-27-11-12-30-26-10-9-22(16-24(26)27)15-21-7-5-4-6-8-21/h4-14,16,25H,15,17,29H2,1-3H3,(H,30,31,32)/t25-/m0/s1. The molecule has 0 fully saturated rings. The van der Waals surface area contributed by atoms with Gasteiger partial charge in [0.15, 0.2) is 0 Å². The Morgan fingerprint density at radius 2 is 1.66 bits per heavy atom. The molecule has 162 valence electrons. The Morgan fingerprint density at radius 3 is 2.38 bits per heavy atom. The third kappa shape index (κ3) is 4.87. The van der Waals surface area contributed by atoms with Crippen LogP contribution in [0.3, 0.4) is 0 Å². The van der Waals surface area contributed by atoms with E-state index in [4.69, 9.17) is 5.73 Å². The molecule has 0 aliphatic heterocycles. The van der Waals surface area contributed by atoms with Crippen molar-refractivity contribution in [3.63, 3.8) is 0 Å². The van der Waals surface area contributed by atoms with Gasteiger partial charge < -0.3 is 11.1 Å². The van der Waals surface area contributed by atoms with E-state index in [1.165, 1.54) is 27.8 Å². The Hall–Kier alpha value is -3.50. The predicted molar refractivity (Wildman–Crippen MR) is 132 cm³/mol. The number of nitrogens with two attached hydrogens (primary N) is 1. The van der Waals surface area contributed by atoms with Crippen molar-refractivity contribution in [2.75, 3.05) is 5.32 Å². The fourth-order valence-corrected chi connectivity index (χ4v) is 4.31. The lowest BCUT2D eigenvalue weighted by atomic mass is 9.94. The van der Waals surface area contributed by atoms with E-state index >= 15 is 0 Å². The van der Waals surface area contributed by atoms with E-state index in [0.29, 0.717) is 6.42 Å². The number of rotatable bonds is 6. The lowest BCUT2D eigenvalue weighted by Crippen LogP contribution is -2.37. The number of aromatic nitrogens is 1. The van der Waals surface area contributed by atoms with Crippen LogP contribution in [-0.2, 0) is 17.6 Å². The zero-order chi connectivity index (χ0) is 22.7. The molecule has 1 aromatic heterocycles. The van der Waals surface area contributed by atoms with Crippen molar-refractivity contribution >= 4 is 22.5 Å². The van der Waals surface area contributed by atoms with Gasteiger partial charge in [-0.15, -0.1) is 0 Å². The normalized spacial score (nSPS) is 12.0. The second-order valence-corrected chi connectivity index (χ2v) is 8.55. The number of anilines is 1. The quantitative estimate of drug-likeness (QED) is 0.444. The van der Waals surface area contributed by atoms with E-state index in [9.17, 15) is 4.79 Å². The highest BCUT2D eigenvalue weighted by atomic mass is 16.2. The molecule has 0 unspecified atom stereocenters. The molecule has 1 amide bonds. The van der Waals surface area contributed by atoms with Crippen molar-refractivity contribution in [1.29, 1.82) is 0 Å². The molecule has 0 saturated carbocycles. The number of amides is 1. The van der Waals surface area contributed by atoms with Crippen LogP contribution < -0.4 is 11.1 Å². The Labute approximate surface area is 189 Å². The second-order valence-electron chi connectivity index (χ2n) is 8.55. The topological polar surface area (TPSA) is 68.0 Å². The molecule has 1 atom stereocenters. The molecule has 3 N–H and O–H groups in total. The fraction of sp³-hybridized carbons (Fsp3) is 0.214. The number of hydrogen-bond donors (Lipinski definition) is 2. The third-order valence-electron chi connectivity index (χ3n) is 5.92. The Balaban J connectivity index is 1.55. The SMILES string of the molecule is Cc1cc(C)c(C[C@H](N)C(=O)Nc2ccnc3ccc(Cc4ccccc4)cc23)c(C)c1. The second kappa shape index (κ2) is 9.33. The van der Waals surface area contributed by atoms with Crippen molar-refractivity contribution in [2.45, 2.75) is 39.7 Å². The number of aryl methyl sites for hydroxylation is 3. The van der Waals surface area contributed by atoms with Gasteiger partial charge in [-0.05, 0) is 79.6 Å². The van der Waals surface area contributed by atoms with Crippen LogP contribution in [-0.4, -0.2) is 16.9 Å². The van der Waals surface area contributed by atoms with Crippen molar-refractivity contribution in [2.24, 2.45) is 5.73 Å². The van der Waals surface area contributed by atoms with Gasteiger partial charge in [-0.3, -0.25) is 9.78 Å². The molecule has 0 saturated heterocycles. The Kier molecular flexibility index (Phi) is 6.33. The molecule has 32 heavy (non-hydrogen) atoms. The minimum Gasteiger partial charge on any atom is -0.324 e. The van der Waals surface area contributed by atoms with Gasteiger partial charge >= 0.3 is 0 Å². The maximum Gasteiger partial charge on any atom is 0.241 e. The molecule has 0 aliphatic carbocycles. The van der Waals surface area contributed by atoms with Crippen LogP contribution in [0.4, 0.5) is 5.69 Å². The maximum absolute atomic E-state index is 13.0. The zero-order valence-corrected chi connectivity index (χ0v) is 18.9. The summed E-state index contributed by atoms with van der Waals surface area (Å²) in [6.07, 6.45) is 3.05. The summed E-state index contributed by atoms with van der Waals surface area (Å²) in [5.74, 6) is -0.190. The summed E-state index contributed by atoms with van der Waals surface area (Å²) in [7, 11) is 0. The number of nitrogens with one attached hydrogen (secondary N) is 1. The third-order valence-corrected chi connectivity index (χ3v) is 5.92. The monoisotopic (exact) mass is 423 g/mol. The van der Waals surface area contributed by atoms with Gasteiger partial charge in [0.1, 0.15) is 0 Å². The average molecular weight is 424 g/mol. The summed E-state index contributed by atoms with van der Waals surface area (Å²) in [6, 6.07) is 22.0. The number of hydrogen-bond acceptors (Lipinski definition) is 3. The molecule has 1 heterocycles. The highest BCUT2D eigenvalue weighted by Gasteiger charge is 2.18. The number of fused-ring (bicyclic) bond motifs is 1. The average Bonchev–Trinajstić information content (AvgIpc) is 2.77. The van der Waals surface area contributed by atoms with Gasteiger partial charge in [0.2, 0.25) is 5.91 Å². The Morgan fingerprint density at radius 1 is 0.938 bits per heavy atom. The van der Waals surface area contributed by atoms with Crippen LogP contribution in [0.15, 0.2) is 72.9 Å². The lowest BCUT2D eigenvalue weighted by molar-refractivity contribution is -0.117. The summed E-state index contributed by atoms with van der Waals surface area (Å²) < 4.78 is 0. The maximum atomic E-state index is 13.0. The van der Waals surface area contributed by atoms with Crippen LogP contribution in [0, 0.1) is 20.8 Å². The van der Waals surface area contributed by atoms with Crippen LogP contribution in [0.25, 0.3) is 10.9 Å². The van der Waals surface area contributed by atoms with Gasteiger partial charge in [-0.2, -0.15) is 0 Å². The van der Waals surface area contributed by atoms with Crippen LogP contribution in [0.5, 0.6) is 0 Å². The molecule has 0 aliphatic rings. The molecule has 3 aromatic carbocycles. The first-order valence-corrected chi connectivity index (χ1v) is 11.0. The molecule has 0 spiro atoms. The first-order valence-electron chi connectivity index (χ1n) is 11.0. The number of carbonyl (C=O) groups is 1. The van der Waals surface area contributed by atoms with Crippen molar-refractivity contribution in [3.05, 3.63) is 106 Å². The van der Waals surface area contributed by atoms with Gasteiger partial charge in [-0.25, -0.2) is 0 Å². The Bertz CT molecular complexity index is 1240. The van der Waals surface area contributed by atoms with Gasteiger partial charge in [0, 0.05) is 11.6 Å². The van der Waals surface area contributed by atoms with E-state index in [2.05, 4.69) is 67.5 Å². The highest BCUT2D eigenvalue weighted by molar-refractivity contribution is 6.03. The summed E-state index contributed by atoms with van der Waals surface area (Å²) in [4.78, 5) is 17.4. The van der Waals surface area contributed by atoms with E-state index in [1.807, 2.05) is 30.3 Å². The molecule has 0 radical (unpaired) electrons. The zero-order valence-electron chi connectivity index (χ0n) is 18.9. The number of pyridine rings is 1. The van der Waals surface area contributed by atoms with Crippen LogP contribution in [0.1, 0.15) is 33.4 Å². The number of nitrogens with zero attached hydrogens (tertiary/aromatic N) is 1. The van der Waals surface area contributed by atoms with E-state index < -0.39 is 6.04 Å². The first-order chi connectivity index (χ1) is 15.4. The summed E-state index contributed by atoms with van der Waals surface area (Å²) >= 11 is 0. The van der Waals surface area contributed by atoms with E-state index in [1.54, 1.807) is 6.20 Å². The summed E-state index contributed by atoms with van der Waals surface area (Å²) in [5.41, 5.74) is 15.0. The molecule has 4 nitrogen and oxygen atoms in total. The van der Waals surface area contributed by atoms with Crippen LogP contribution in [0.2, 0.25) is 0 Å². The summed E-state index contributed by atoms with van der Waals surface area (Å²) in [6.45, 7) is 6.23. The molecule has 0 bridgehead atoms. The molecule has 4 heteroatoms. The molecular weight excluding hydrogens is 394 g/mol. The fourth-order valence-electron chi connectivity index (χ4n) is 4.31. The first kappa shape index (κ1) is 21.7. The van der Waals surface area contributed by atoms with E-state index in [-0.39, 0.29) is 5.91 Å². The molecule has 4 aromatic rings. The molecular formula is C28H29N3O. The van der Waals surface area contributed by atoms with Gasteiger partial charge in [-0.1, -0.05) is 54.1 Å². The predicted octanol–water partition coefficient (Wildman–Crippen LogP) is 5.26. The van der Waals surface area contributed by atoms with Crippen molar-refractivity contribution < 1.29 is 4.79 Å². The highest BCUT2D eigenvalue weighted by Crippen LogP contribution is 2.25. The van der Waals surface area contributed by atoms with Gasteiger partial charge in [0.05, 0.1) is 17.2 Å². The summed E-state index contributed by atoms with van der Waals surface area (Å²) in [5, 5.41) is 3.96. The van der Waals surface area contributed by atoms with Crippen LogP contribution >= 0.6 is 0 Å². The van der Waals surface area contributed by atoms with Crippen molar-refractivity contribution in [1.82, 2.24) is 4.98 Å². The van der Waals surface area contributed by atoms with E-state index in [0.717, 1.165) is 28.6 Å². The number of benzene rings is 3. The molecule has 4 rings (SSSR count). The minimum atomic E-state index is -0.633. The van der Waals surface area contributed by atoms with Crippen molar-refractivity contribution in [3.8, 4) is 0 Å². The van der Waals surface area contributed by atoms with Gasteiger partial charge in [0.25, 0.3) is 0 Å². The minimum absolute atomic E-state index is 0.190. The lowest BCUT2D eigenvalue weighted by Gasteiger charge is -2.17. The smallest absolute Gasteiger partial charge is 0.241 e. The largest absolute Gasteiger partial charge is 0.324 e.